The molecule has 1 aromatic carbocycles. The van der Waals surface area contributed by atoms with Crippen LogP contribution >= 0.6 is 0 Å². The Hall–Kier alpha value is -1.97. The largest absolute Gasteiger partial charge is 0.494 e. The Labute approximate surface area is 87.2 Å². The Morgan fingerprint density at radius 3 is 2.93 bits per heavy atom. The van der Waals surface area contributed by atoms with Crippen molar-refractivity contribution in [3.63, 3.8) is 0 Å². The van der Waals surface area contributed by atoms with E-state index < -0.39 is 0 Å². The van der Waals surface area contributed by atoms with Crippen LogP contribution in [0.4, 0.5) is 5.69 Å². The Kier molecular flexibility index (Phi) is 2.33. The van der Waals surface area contributed by atoms with Gasteiger partial charge in [0.05, 0.1) is 12.8 Å². The van der Waals surface area contributed by atoms with Crippen molar-refractivity contribution in [1.82, 2.24) is 4.98 Å². The predicted octanol–water partition coefficient (Wildman–Crippen LogP) is 2.13. The van der Waals surface area contributed by atoms with E-state index >= 15 is 0 Å². The summed E-state index contributed by atoms with van der Waals surface area (Å²) >= 11 is 0. The third-order valence-electron chi connectivity index (χ3n) is 2.18. The molecule has 0 bridgehead atoms. The van der Waals surface area contributed by atoms with E-state index in [1.807, 2.05) is 24.4 Å². The van der Waals surface area contributed by atoms with E-state index in [0.29, 0.717) is 11.4 Å². The van der Waals surface area contributed by atoms with Crippen LogP contribution < -0.4 is 10.1 Å². The number of methoxy groups -OCH3 is 1. The van der Waals surface area contributed by atoms with Crippen molar-refractivity contribution >= 4 is 22.5 Å². The molecule has 4 heteroatoms. The third-order valence-corrected chi connectivity index (χ3v) is 2.18. The van der Waals surface area contributed by atoms with Crippen LogP contribution in [0.25, 0.3) is 10.9 Å². The highest BCUT2D eigenvalue weighted by Gasteiger charge is 2.06. The van der Waals surface area contributed by atoms with Crippen LogP contribution in [-0.4, -0.2) is 18.0 Å². The Bertz CT molecular complexity index is 502. The normalized spacial score (nSPS) is 10.3. The second-order valence-corrected chi connectivity index (χ2v) is 3.30. The van der Waals surface area contributed by atoms with Gasteiger partial charge in [0, 0.05) is 30.1 Å². The van der Waals surface area contributed by atoms with Gasteiger partial charge < -0.3 is 15.0 Å². The first kappa shape index (κ1) is 9.58. The van der Waals surface area contributed by atoms with Gasteiger partial charge in [-0.1, -0.05) is 0 Å². The Morgan fingerprint density at radius 1 is 1.47 bits per heavy atom. The Morgan fingerprint density at radius 2 is 2.27 bits per heavy atom. The lowest BCUT2D eigenvalue weighted by molar-refractivity contribution is -0.114. The number of H-pyrrole nitrogens is 1. The van der Waals surface area contributed by atoms with Crippen LogP contribution in [0.1, 0.15) is 6.92 Å². The molecular weight excluding hydrogens is 192 g/mol. The molecule has 0 saturated heterocycles. The molecule has 0 atom stereocenters. The molecule has 78 valence electrons. The van der Waals surface area contributed by atoms with Gasteiger partial charge in [-0.15, -0.1) is 0 Å². The molecule has 1 aromatic heterocycles. The molecule has 0 saturated carbocycles. The van der Waals surface area contributed by atoms with Gasteiger partial charge in [0.15, 0.2) is 0 Å². The second kappa shape index (κ2) is 3.65. The molecule has 2 N–H and O–H groups in total. The molecular formula is C11H12N2O2. The Balaban J connectivity index is 2.54. The van der Waals surface area contributed by atoms with Gasteiger partial charge in [0.25, 0.3) is 0 Å². The molecule has 0 radical (unpaired) electrons. The van der Waals surface area contributed by atoms with Gasteiger partial charge in [0.2, 0.25) is 5.91 Å². The molecule has 2 aromatic rings. The molecule has 4 nitrogen and oxygen atoms in total. The van der Waals surface area contributed by atoms with E-state index in [4.69, 9.17) is 4.74 Å². The lowest BCUT2D eigenvalue weighted by Crippen LogP contribution is -2.06. The topological polar surface area (TPSA) is 54.1 Å². The average molecular weight is 204 g/mol. The molecule has 0 unspecified atom stereocenters. The first-order chi connectivity index (χ1) is 7.20. The van der Waals surface area contributed by atoms with Crippen LogP contribution in [0.3, 0.4) is 0 Å². The SMILES string of the molecule is COc1cc2[nH]ccc2cc1NC(C)=O. The van der Waals surface area contributed by atoms with Crippen LogP contribution in [0.15, 0.2) is 24.4 Å². The number of aromatic nitrogens is 1. The van der Waals surface area contributed by atoms with E-state index in [-0.39, 0.29) is 5.91 Å². The van der Waals surface area contributed by atoms with Crippen LogP contribution in [0.5, 0.6) is 5.75 Å². The molecule has 0 spiro atoms. The maximum absolute atomic E-state index is 11.0. The number of aromatic amines is 1. The van der Waals surface area contributed by atoms with Crippen LogP contribution in [0.2, 0.25) is 0 Å². The summed E-state index contributed by atoms with van der Waals surface area (Å²) in [6.45, 7) is 1.47. The van der Waals surface area contributed by atoms with Crippen molar-refractivity contribution in [3.8, 4) is 5.75 Å². The summed E-state index contributed by atoms with van der Waals surface area (Å²) in [6, 6.07) is 5.69. The molecule has 15 heavy (non-hydrogen) atoms. The first-order valence-corrected chi connectivity index (χ1v) is 4.63. The standard InChI is InChI=1S/C11H12N2O2/c1-7(14)13-10-5-8-3-4-12-9(8)6-11(10)15-2/h3-6,12H,1-2H3,(H,13,14). The van der Waals surface area contributed by atoms with Gasteiger partial charge >= 0.3 is 0 Å². The number of rotatable bonds is 2. The van der Waals surface area contributed by atoms with E-state index in [1.54, 1.807) is 7.11 Å². The summed E-state index contributed by atoms with van der Waals surface area (Å²) in [5, 5.41) is 3.77. The number of fused-ring (bicyclic) bond motifs is 1. The summed E-state index contributed by atoms with van der Waals surface area (Å²) in [5.41, 5.74) is 1.68. The van der Waals surface area contributed by atoms with Gasteiger partial charge in [-0.2, -0.15) is 0 Å². The van der Waals surface area contributed by atoms with E-state index in [9.17, 15) is 4.79 Å². The zero-order valence-electron chi connectivity index (χ0n) is 8.63. The fourth-order valence-electron chi connectivity index (χ4n) is 1.54. The molecule has 0 fully saturated rings. The molecule has 0 aliphatic carbocycles. The van der Waals surface area contributed by atoms with Crippen molar-refractivity contribution in [2.75, 3.05) is 12.4 Å². The lowest BCUT2D eigenvalue weighted by atomic mass is 10.2. The minimum atomic E-state index is -0.108. The van der Waals surface area contributed by atoms with Crippen molar-refractivity contribution in [2.24, 2.45) is 0 Å². The van der Waals surface area contributed by atoms with Gasteiger partial charge in [-0.25, -0.2) is 0 Å². The second-order valence-electron chi connectivity index (χ2n) is 3.30. The summed E-state index contributed by atoms with van der Waals surface area (Å²) < 4.78 is 5.19. The number of benzene rings is 1. The summed E-state index contributed by atoms with van der Waals surface area (Å²) in [6.07, 6.45) is 1.85. The summed E-state index contributed by atoms with van der Waals surface area (Å²) in [7, 11) is 1.58. The fourth-order valence-corrected chi connectivity index (χ4v) is 1.54. The molecule has 1 heterocycles. The van der Waals surface area contributed by atoms with Gasteiger partial charge in [0.1, 0.15) is 5.75 Å². The van der Waals surface area contributed by atoms with E-state index in [2.05, 4.69) is 10.3 Å². The highest BCUT2D eigenvalue weighted by molar-refractivity contribution is 5.95. The molecule has 2 rings (SSSR count). The third kappa shape index (κ3) is 1.79. The first-order valence-electron chi connectivity index (χ1n) is 4.63. The number of anilines is 1. The van der Waals surface area contributed by atoms with Crippen LogP contribution in [-0.2, 0) is 4.79 Å². The highest BCUT2D eigenvalue weighted by atomic mass is 16.5. The zero-order chi connectivity index (χ0) is 10.8. The maximum Gasteiger partial charge on any atom is 0.221 e. The number of nitrogens with one attached hydrogen (secondary N) is 2. The fraction of sp³-hybridized carbons (Fsp3) is 0.182. The predicted molar refractivity (Wildman–Crippen MR) is 59.2 cm³/mol. The molecule has 0 aliphatic rings. The van der Waals surface area contributed by atoms with Gasteiger partial charge in [-0.05, 0) is 12.1 Å². The monoisotopic (exact) mass is 204 g/mol. The van der Waals surface area contributed by atoms with Crippen molar-refractivity contribution in [1.29, 1.82) is 0 Å². The minimum absolute atomic E-state index is 0.108. The van der Waals surface area contributed by atoms with Crippen LogP contribution in [0, 0.1) is 0 Å². The number of ether oxygens (including phenoxy) is 1. The number of carbonyl (C=O) groups is 1. The van der Waals surface area contributed by atoms with E-state index in [1.165, 1.54) is 6.92 Å². The summed E-state index contributed by atoms with van der Waals surface area (Å²) in [4.78, 5) is 14.1. The quantitative estimate of drug-likeness (QED) is 0.787. The van der Waals surface area contributed by atoms with Crippen molar-refractivity contribution < 1.29 is 9.53 Å². The maximum atomic E-state index is 11.0. The minimum Gasteiger partial charge on any atom is -0.494 e. The smallest absolute Gasteiger partial charge is 0.221 e. The van der Waals surface area contributed by atoms with Gasteiger partial charge in [-0.3, -0.25) is 4.79 Å². The number of hydrogen-bond acceptors (Lipinski definition) is 2. The zero-order valence-corrected chi connectivity index (χ0v) is 8.63. The number of hydrogen-bond donors (Lipinski definition) is 2. The number of amides is 1. The van der Waals surface area contributed by atoms with Crippen molar-refractivity contribution in [3.05, 3.63) is 24.4 Å². The average Bonchev–Trinajstić information content (AvgIpc) is 2.62. The lowest BCUT2D eigenvalue weighted by Gasteiger charge is -2.08. The number of carbonyl (C=O) groups excluding carboxylic acids is 1. The van der Waals surface area contributed by atoms with Crippen molar-refractivity contribution in [2.45, 2.75) is 6.92 Å². The molecule has 1 amide bonds. The molecule has 0 aliphatic heterocycles. The van der Waals surface area contributed by atoms with E-state index in [0.717, 1.165) is 10.9 Å². The highest BCUT2D eigenvalue weighted by Crippen LogP contribution is 2.29. The summed E-state index contributed by atoms with van der Waals surface area (Å²) in [5.74, 6) is 0.545.